The lowest BCUT2D eigenvalue weighted by Crippen LogP contribution is -2.50. The van der Waals surface area contributed by atoms with Gasteiger partial charge in [0.15, 0.2) is 0 Å². The highest BCUT2D eigenvalue weighted by Crippen LogP contribution is 2.35. The fourth-order valence-corrected chi connectivity index (χ4v) is 4.36. The van der Waals surface area contributed by atoms with E-state index in [0.29, 0.717) is 12.7 Å². The van der Waals surface area contributed by atoms with Crippen LogP contribution in [0.25, 0.3) is 6.08 Å². The number of carbonyl (C=O) groups is 1. The maximum absolute atomic E-state index is 12.7. The van der Waals surface area contributed by atoms with Crippen molar-refractivity contribution in [1.29, 1.82) is 0 Å². The van der Waals surface area contributed by atoms with Gasteiger partial charge in [0.2, 0.25) is 5.91 Å². The number of carbonyl (C=O) groups excluding carboxylic acids is 1. The summed E-state index contributed by atoms with van der Waals surface area (Å²) in [6.07, 6.45) is 7.31. The number of ether oxygens (including phenoxy) is 3. The van der Waals surface area contributed by atoms with Gasteiger partial charge in [-0.2, -0.15) is 0 Å². The molecule has 1 aromatic carbocycles. The van der Waals surface area contributed by atoms with E-state index in [-0.39, 0.29) is 12.0 Å². The van der Waals surface area contributed by atoms with E-state index < -0.39 is 0 Å². The van der Waals surface area contributed by atoms with Crippen LogP contribution in [0.1, 0.15) is 37.8 Å². The molecule has 1 aromatic rings. The van der Waals surface area contributed by atoms with Gasteiger partial charge < -0.3 is 19.1 Å². The Bertz CT molecular complexity index is 749. The van der Waals surface area contributed by atoms with E-state index in [9.17, 15) is 4.79 Å². The highest BCUT2D eigenvalue weighted by molar-refractivity contribution is 5.92. The van der Waals surface area contributed by atoms with Crippen LogP contribution in [0, 0.1) is 0 Å². The van der Waals surface area contributed by atoms with Gasteiger partial charge in [-0.15, -0.1) is 0 Å². The third-order valence-corrected chi connectivity index (χ3v) is 5.90. The summed E-state index contributed by atoms with van der Waals surface area (Å²) in [7, 11) is 0. The minimum atomic E-state index is 0.0546. The minimum Gasteiger partial charge on any atom is -0.493 e. The maximum Gasteiger partial charge on any atom is 0.246 e. The number of nitrogens with zero attached hydrogens (tertiary/aromatic N) is 2. The Morgan fingerprint density at radius 1 is 1.28 bits per heavy atom. The summed E-state index contributed by atoms with van der Waals surface area (Å²) in [5, 5.41) is 0. The molecular formula is C23H32N2O4. The SMILES string of the molecule is CCOc1cc2c(cc1C=CC(=O)N1CCN(CC3CCCO3)CC1)OC(C)C2. The van der Waals surface area contributed by atoms with Crippen LogP contribution >= 0.6 is 0 Å². The van der Waals surface area contributed by atoms with Crippen LogP contribution in [0.3, 0.4) is 0 Å². The second-order valence-corrected chi connectivity index (χ2v) is 8.16. The first-order valence-electron chi connectivity index (χ1n) is 10.9. The summed E-state index contributed by atoms with van der Waals surface area (Å²) in [5.41, 5.74) is 2.07. The molecule has 3 aliphatic heterocycles. The van der Waals surface area contributed by atoms with E-state index in [1.807, 2.05) is 24.0 Å². The molecule has 0 aliphatic carbocycles. The summed E-state index contributed by atoms with van der Waals surface area (Å²) in [6.45, 7) is 9.86. The fraction of sp³-hybridized carbons (Fsp3) is 0.609. The molecule has 4 rings (SSSR count). The zero-order chi connectivity index (χ0) is 20.2. The molecule has 2 atom stereocenters. The van der Waals surface area contributed by atoms with E-state index in [2.05, 4.69) is 17.9 Å². The Labute approximate surface area is 173 Å². The summed E-state index contributed by atoms with van der Waals surface area (Å²) >= 11 is 0. The largest absolute Gasteiger partial charge is 0.493 e. The number of amides is 1. The van der Waals surface area contributed by atoms with Crippen molar-refractivity contribution in [3.05, 3.63) is 29.3 Å². The van der Waals surface area contributed by atoms with Crippen molar-refractivity contribution in [1.82, 2.24) is 9.80 Å². The molecule has 0 radical (unpaired) electrons. The number of hydrogen-bond donors (Lipinski definition) is 0. The van der Waals surface area contributed by atoms with Gasteiger partial charge in [0, 0.05) is 63.0 Å². The zero-order valence-corrected chi connectivity index (χ0v) is 17.6. The Morgan fingerprint density at radius 3 is 2.83 bits per heavy atom. The first-order valence-corrected chi connectivity index (χ1v) is 10.9. The highest BCUT2D eigenvalue weighted by atomic mass is 16.5. The molecule has 3 aliphatic rings. The van der Waals surface area contributed by atoms with Gasteiger partial charge in [0.25, 0.3) is 0 Å². The molecule has 0 aromatic heterocycles. The summed E-state index contributed by atoms with van der Waals surface area (Å²) in [5.74, 6) is 1.77. The van der Waals surface area contributed by atoms with Crippen molar-refractivity contribution in [2.45, 2.75) is 45.3 Å². The first kappa shape index (κ1) is 20.2. The van der Waals surface area contributed by atoms with E-state index in [1.54, 1.807) is 6.08 Å². The molecule has 0 bridgehead atoms. The average Bonchev–Trinajstić information content (AvgIpc) is 3.35. The Hall–Kier alpha value is -2.05. The van der Waals surface area contributed by atoms with Crippen molar-refractivity contribution >= 4 is 12.0 Å². The van der Waals surface area contributed by atoms with E-state index in [0.717, 1.165) is 69.2 Å². The molecule has 6 heteroatoms. The quantitative estimate of drug-likeness (QED) is 0.688. The predicted octanol–water partition coefficient (Wildman–Crippen LogP) is 2.75. The highest BCUT2D eigenvalue weighted by Gasteiger charge is 2.25. The third kappa shape index (κ3) is 4.93. The number of benzene rings is 1. The second kappa shape index (κ2) is 9.18. The number of hydrogen-bond acceptors (Lipinski definition) is 5. The van der Waals surface area contributed by atoms with E-state index in [4.69, 9.17) is 14.2 Å². The molecule has 6 nitrogen and oxygen atoms in total. The maximum atomic E-state index is 12.7. The van der Waals surface area contributed by atoms with Crippen LogP contribution in [0.4, 0.5) is 0 Å². The molecule has 1 amide bonds. The molecule has 2 fully saturated rings. The molecule has 3 heterocycles. The standard InChI is InChI=1S/C23H32N2O4/c1-3-27-21-15-19-13-17(2)29-22(19)14-18(21)6-7-23(26)25-10-8-24(9-11-25)16-20-5-4-12-28-20/h6-7,14-15,17,20H,3-5,8-13,16H2,1-2H3. The van der Waals surface area contributed by atoms with Crippen LogP contribution < -0.4 is 9.47 Å². The van der Waals surface area contributed by atoms with Gasteiger partial charge in [0.1, 0.15) is 17.6 Å². The van der Waals surface area contributed by atoms with Crippen molar-refractivity contribution < 1.29 is 19.0 Å². The lowest BCUT2D eigenvalue weighted by Gasteiger charge is -2.35. The number of piperazine rings is 1. The van der Waals surface area contributed by atoms with Gasteiger partial charge in [-0.1, -0.05) is 0 Å². The van der Waals surface area contributed by atoms with Gasteiger partial charge in [-0.25, -0.2) is 0 Å². The van der Waals surface area contributed by atoms with Crippen molar-refractivity contribution in [2.24, 2.45) is 0 Å². The summed E-state index contributed by atoms with van der Waals surface area (Å²) in [6, 6.07) is 4.05. The topological polar surface area (TPSA) is 51.2 Å². The predicted molar refractivity (Wildman–Crippen MR) is 112 cm³/mol. The molecule has 29 heavy (non-hydrogen) atoms. The number of rotatable bonds is 6. The average molecular weight is 401 g/mol. The van der Waals surface area contributed by atoms with Crippen molar-refractivity contribution in [2.75, 3.05) is 45.9 Å². The van der Waals surface area contributed by atoms with Crippen molar-refractivity contribution in [3.63, 3.8) is 0 Å². The molecule has 2 unspecified atom stereocenters. The smallest absolute Gasteiger partial charge is 0.246 e. The van der Waals surface area contributed by atoms with Crippen LogP contribution in [0.2, 0.25) is 0 Å². The Morgan fingerprint density at radius 2 is 2.10 bits per heavy atom. The van der Waals surface area contributed by atoms with Gasteiger partial charge in [-0.3, -0.25) is 9.69 Å². The molecule has 0 saturated carbocycles. The normalized spacial score (nSPS) is 24.7. The molecular weight excluding hydrogens is 368 g/mol. The third-order valence-electron chi connectivity index (χ3n) is 5.90. The van der Waals surface area contributed by atoms with Crippen LogP contribution in [0.15, 0.2) is 18.2 Å². The lowest BCUT2D eigenvalue weighted by atomic mass is 10.1. The second-order valence-electron chi connectivity index (χ2n) is 8.16. The van der Waals surface area contributed by atoms with Crippen molar-refractivity contribution in [3.8, 4) is 11.5 Å². The summed E-state index contributed by atoms with van der Waals surface area (Å²) in [4.78, 5) is 17.0. The minimum absolute atomic E-state index is 0.0546. The molecule has 0 spiro atoms. The Kier molecular flexibility index (Phi) is 6.40. The van der Waals surface area contributed by atoms with Crippen LogP contribution in [0.5, 0.6) is 11.5 Å². The molecule has 0 N–H and O–H groups in total. The summed E-state index contributed by atoms with van der Waals surface area (Å²) < 4.78 is 17.4. The number of fused-ring (bicyclic) bond motifs is 1. The van der Waals surface area contributed by atoms with Crippen LogP contribution in [-0.2, 0) is 16.0 Å². The van der Waals surface area contributed by atoms with Crippen LogP contribution in [-0.4, -0.2) is 73.9 Å². The van der Waals surface area contributed by atoms with Gasteiger partial charge in [-0.05, 0) is 44.9 Å². The van der Waals surface area contributed by atoms with Gasteiger partial charge in [0.05, 0.1) is 12.7 Å². The van der Waals surface area contributed by atoms with E-state index >= 15 is 0 Å². The lowest BCUT2D eigenvalue weighted by molar-refractivity contribution is -0.127. The Balaban J connectivity index is 1.35. The monoisotopic (exact) mass is 400 g/mol. The zero-order valence-electron chi connectivity index (χ0n) is 17.6. The fourth-order valence-electron chi connectivity index (χ4n) is 4.36. The van der Waals surface area contributed by atoms with Gasteiger partial charge >= 0.3 is 0 Å². The molecule has 158 valence electrons. The molecule has 2 saturated heterocycles. The van der Waals surface area contributed by atoms with E-state index in [1.165, 1.54) is 12.0 Å². The first-order chi connectivity index (χ1) is 14.1.